The molecule has 0 saturated heterocycles. The van der Waals surface area contributed by atoms with Crippen molar-refractivity contribution in [3.63, 3.8) is 0 Å². The van der Waals surface area contributed by atoms with Crippen LogP contribution in [-0.4, -0.2) is 13.7 Å². The summed E-state index contributed by atoms with van der Waals surface area (Å²) in [5.41, 5.74) is 4.78. The van der Waals surface area contributed by atoms with Crippen LogP contribution in [0.3, 0.4) is 0 Å². The van der Waals surface area contributed by atoms with E-state index in [0.717, 1.165) is 24.7 Å². The summed E-state index contributed by atoms with van der Waals surface area (Å²) in [6.07, 6.45) is 8.14. The molecule has 4 rings (SSSR count). The molecule has 2 atom stereocenters. The Hall–Kier alpha value is -1.70. The zero-order valence-corrected chi connectivity index (χ0v) is 15.3. The van der Waals surface area contributed by atoms with E-state index in [4.69, 9.17) is 4.74 Å². The van der Waals surface area contributed by atoms with E-state index >= 15 is 0 Å². The third-order valence-electron chi connectivity index (χ3n) is 5.00. The minimum Gasteiger partial charge on any atom is -0.493 e. The number of benzene rings is 1. The molecule has 0 radical (unpaired) electrons. The molecule has 1 aromatic rings. The summed E-state index contributed by atoms with van der Waals surface area (Å²) < 4.78 is 5.42. The lowest BCUT2D eigenvalue weighted by Gasteiger charge is -2.19. The van der Waals surface area contributed by atoms with Gasteiger partial charge in [-0.2, -0.15) is 0 Å². The predicted octanol–water partition coefficient (Wildman–Crippen LogP) is 5.11. The van der Waals surface area contributed by atoms with E-state index in [1.807, 2.05) is 33.0 Å². The number of aryl methyl sites for hydroxylation is 1. The molecule has 1 N–H and O–H groups in total. The fourth-order valence-electron chi connectivity index (χ4n) is 3.51. The maximum Gasteiger partial charge on any atom is 0.122 e. The molecule has 0 bridgehead atoms. The van der Waals surface area contributed by atoms with Gasteiger partial charge in [0.2, 0.25) is 0 Å². The fourth-order valence-corrected chi connectivity index (χ4v) is 3.51. The SMILES string of the molecule is CC.CNC1=CC=C(C)C2CC12C.c1ccc2c(c1)CCCO2. The highest BCUT2D eigenvalue weighted by molar-refractivity contribution is 5.39. The van der Waals surface area contributed by atoms with Crippen LogP contribution in [0.25, 0.3) is 0 Å². The molecule has 2 nitrogen and oxygen atoms in total. The van der Waals surface area contributed by atoms with Crippen LogP contribution < -0.4 is 10.1 Å². The van der Waals surface area contributed by atoms with Crippen LogP contribution in [0.2, 0.25) is 0 Å². The van der Waals surface area contributed by atoms with Crippen LogP contribution >= 0.6 is 0 Å². The van der Waals surface area contributed by atoms with Crippen molar-refractivity contribution in [1.29, 1.82) is 0 Å². The van der Waals surface area contributed by atoms with Gasteiger partial charge in [-0.3, -0.25) is 0 Å². The summed E-state index contributed by atoms with van der Waals surface area (Å²) in [6.45, 7) is 9.46. The van der Waals surface area contributed by atoms with Crippen LogP contribution in [0.15, 0.2) is 47.7 Å². The highest BCUT2D eigenvalue weighted by atomic mass is 16.5. The largest absolute Gasteiger partial charge is 0.493 e. The molecule has 2 heteroatoms. The summed E-state index contributed by atoms with van der Waals surface area (Å²) in [6, 6.07) is 8.25. The summed E-state index contributed by atoms with van der Waals surface area (Å²) in [5.74, 6) is 1.91. The first kappa shape index (κ1) is 17.7. The zero-order chi connectivity index (χ0) is 16.9. The van der Waals surface area contributed by atoms with E-state index in [-0.39, 0.29) is 0 Å². The highest BCUT2D eigenvalue weighted by Gasteiger charge is 2.54. The van der Waals surface area contributed by atoms with Gasteiger partial charge < -0.3 is 10.1 Å². The second-order valence-electron chi connectivity index (χ2n) is 6.47. The smallest absolute Gasteiger partial charge is 0.122 e. The van der Waals surface area contributed by atoms with Gasteiger partial charge in [0.25, 0.3) is 0 Å². The molecular weight excluding hydrogens is 282 g/mol. The predicted molar refractivity (Wildman–Crippen MR) is 98.7 cm³/mol. The van der Waals surface area contributed by atoms with Gasteiger partial charge >= 0.3 is 0 Å². The second-order valence-corrected chi connectivity index (χ2v) is 6.47. The molecule has 0 aromatic heterocycles. The lowest BCUT2D eigenvalue weighted by atomic mass is 9.93. The second kappa shape index (κ2) is 7.72. The lowest BCUT2D eigenvalue weighted by molar-refractivity contribution is 0.288. The van der Waals surface area contributed by atoms with E-state index in [9.17, 15) is 0 Å². The van der Waals surface area contributed by atoms with Crippen LogP contribution in [0, 0.1) is 11.3 Å². The molecule has 1 fully saturated rings. The molecule has 1 aromatic carbocycles. The summed E-state index contributed by atoms with van der Waals surface area (Å²) >= 11 is 0. The Morgan fingerprint density at radius 3 is 2.61 bits per heavy atom. The minimum absolute atomic E-state index is 0.466. The van der Waals surface area contributed by atoms with Crippen LogP contribution in [-0.2, 0) is 6.42 Å². The third-order valence-corrected chi connectivity index (χ3v) is 5.00. The molecule has 1 heterocycles. The van der Waals surface area contributed by atoms with Gasteiger partial charge in [0, 0.05) is 18.2 Å². The van der Waals surface area contributed by atoms with Crippen molar-refractivity contribution in [3.8, 4) is 5.75 Å². The number of allylic oxidation sites excluding steroid dienone is 4. The quantitative estimate of drug-likeness (QED) is 0.777. The Kier molecular flexibility index (Phi) is 5.92. The van der Waals surface area contributed by atoms with E-state index in [2.05, 4.69) is 43.4 Å². The van der Waals surface area contributed by atoms with Gasteiger partial charge in [-0.25, -0.2) is 0 Å². The average molecular weight is 313 g/mol. The van der Waals surface area contributed by atoms with Crippen molar-refractivity contribution in [3.05, 3.63) is 53.3 Å². The van der Waals surface area contributed by atoms with Crippen molar-refractivity contribution in [2.45, 2.75) is 47.0 Å². The summed E-state index contributed by atoms with van der Waals surface area (Å²) in [7, 11) is 2.01. The Bertz CT molecular complexity index is 562. The molecular formula is C21H31NO. The number of nitrogens with one attached hydrogen (secondary N) is 1. The maximum atomic E-state index is 5.42. The van der Waals surface area contributed by atoms with E-state index in [1.165, 1.54) is 24.1 Å². The van der Waals surface area contributed by atoms with E-state index in [1.54, 1.807) is 5.57 Å². The van der Waals surface area contributed by atoms with Gasteiger partial charge in [0.1, 0.15) is 5.75 Å². The zero-order valence-electron chi connectivity index (χ0n) is 15.3. The number of ether oxygens (including phenoxy) is 1. The first-order valence-electron chi connectivity index (χ1n) is 8.92. The maximum absolute atomic E-state index is 5.42. The summed E-state index contributed by atoms with van der Waals surface area (Å²) in [4.78, 5) is 0. The Morgan fingerprint density at radius 1 is 1.17 bits per heavy atom. The van der Waals surface area contributed by atoms with E-state index in [0.29, 0.717) is 5.41 Å². The number of hydrogen-bond acceptors (Lipinski definition) is 2. The van der Waals surface area contributed by atoms with Crippen molar-refractivity contribution in [2.75, 3.05) is 13.7 Å². The van der Waals surface area contributed by atoms with E-state index < -0.39 is 0 Å². The standard InChI is InChI=1S/C10H15N.C9H10O.C2H6/c1-7-4-5-9(11-3)10(2)6-8(7)10;1-2-6-9-8(4-1)5-3-7-10-9;1-2/h4-5,8,11H,6H2,1-3H3;1-2,4,6H,3,5,7H2;1-2H3. The molecule has 126 valence electrons. The molecule has 2 aliphatic carbocycles. The molecule has 23 heavy (non-hydrogen) atoms. The molecule has 2 unspecified atom stereocenters. The van der Waals surface area contributed by atoms with Crippen LogP contribution in [0.1, 0.15) is 46.1 Å². The lowest BCUT2D eigenvalue weighted by Crippen LogP contribution is -2.18. The highest BCUT2D eigenvalue weighted by Crippen LogP contribution is 2.61. The third kappa shape index (κ3) is 3.80. The first-order chi connectivity index (χ1) is 11.1. The van der Waals surface area contributed by atoms with Crippen LogP contribution in [0.4, 0.5) is 0 Å². The molecule has 1 aliphatic heterocycles. The Balaban J connectivity index is 0.000000152. The number of para-hydroxylation sites is 1. The minimum atomic E-state index is 0.466. The summed E-state index contributed by atoms with van der Waals surface area (Å²) in [5, 5.41) is 3.27. The first-order valence-corrected chi connectivity index (χ1v) is 8.92. The number of fused-ring (bicyclic) bond motifs is 2. The number of rotatable bonds is 1. The van der Waals surface area contributed by atoms with Gasteiger partial charge in [0.15, 0.2) is 0 Å². The Morgan fingerprint density at radius 2 is 1.91 bits per heavy atom. The van der Waals surface area contributed by atoms with Gasteiger partial charge in [0.05, 0.1) is 6.61 Å². The topological polar surface area (TPSA) is 21.3 Å². The number of hydrogen-bond donors (Lipinski definition) is 1. The molecule has 0 amide bonds. The average Bonchev–Trinajstić information content (AvgIpc) is 3.32. The van der Waals surface area contributed by atoms with Gasteiger partial charge in [-0.1, -0.05) is 50.6 Å². The monoisotopic (exact) mass is 313 g/mol. The van der Waals surface area contributed by atoms with Crippen LogP contribution in [0.5, 0.6) is 5.75 Å². The van der Waals surface area contributed by atoms with Gasteiger partial charge in [-0.05, 0) is 49.8 Å². The molecule has 0 spiro atoms. The van der Waals surface area contributed by atoms with Gasteiger partial charge in [-0.15, -0.1) is 0 Å². The fraction of sp³-hybridized carbons (Fsp3) is 0.524. The van der Waals surface area contributed by atoms with Crippen molar-refractivity contribution in [1.82, 2.24) is 5.32 Å². The molecule has 3 aliphatic rings. The normalized spacial score (nSPS) is 26.4. The van der Waals surface area contributed by atoms with Crippen molar-refractivity contribution >= 4 is 0 Å². The van der Waals surface area contributed by atoms with Crippen molar-refractivity contribution < 1.29 is 4.74 Å². The van der Waals surface area contributed by atoms with Crippen molar-refractivity contribution in [2.24, 2.45) is 11.3 Å². The Labute approximate surface area is 141 Å². The molecule has 1 saturated carbocycles.